The summed E-state index contributed by atoms with van der Waals surface area (Å²) in [5.41, 5.74) is -0.168. The second kappa shape index (κ2) is 8.02. The van der Waals surface area contributed by atoms with Gasteiger partial charge in [-0.15, -0.1) is 0 Å². The lowest BCUT2D eigenvalue weighted by Crippen LogP contribution is -2.59. The summed E-state index contributed by atoms with van der Waals surface area (Å²) in [7, 11) is 0. The van der Waals surface area contributed by atoms with Crippen molar-refractivity contribution in [2.24, 2.45) is 5.92 Å². The smallest absolute Gasteiger partial charge is 0.225 e. The number of carbonyl (C=O) groups is 2. The molecule has 1 N–H and O–H groups in total. The first-order chi connectivity index (χ1) is 12.7. The lowest BCUT2D eigenvalue weighted by molar-refractivity contribution is -0.129. The summed E-state index contributed by atoms with van der Waals surface area (Å²) < 4.78 is 11.1. The minimum absolute atomic E-state index is 0.00152. The number of nitrogens with zero attached hydrogens (tertiary/aromatic N) is 2. The number of morpholine rings is 1. The number of likely N-dealkylation sites (tertiary alicyclic amines) is 1. The molecular formula is C20H31N3O4. The van der Waals surface area contributed by atoms with Gasteiger partial charge in [-0.2, -0.15) is 0 Å². The number of hydrogen-bond donors (Lipinski definition) is 1. The minimum Gasteiger partial charge on any atom is -0.467 e. The molecule has 0 saturated carbocycles. The van der Waals surface area contributed by atoms with Crippen molar-refractivity contribution in [1.29, 1.82) is 0 Å². The maximum atomic E-state index is 12.6. The highest BCUT2D eigenvalue weighted by atomic mass is 16.5. The Morgan fingerprint density at radius 3 is 2.59 bits per heavy atom. The molecule has 3 rings (SSSR count). The average molecular weight is 377 g/mol. The molecule has 3 unspecified atom stereocenters. The molecule has 1 aromatic heterocycles. The van der Waals surface area contributed by atoms with E-state index in [9.17, 15) is 9.59 Å². The van der Waals surface area contributed by atoms with Crippen molar-refractivity contribution in [3.05, 3.63) is 24.2 Å². The molecule has 7 heteroatoms. The monoisotopic (exact) mass is 377 g/mol. The zero-order valence-corrected chi connectivity index (χ0v) is 16.7. The lowest BCUT2D eigenvalue weighted by Gasteiger charge is -2.45. The van der Waals surface area contributed by atoms with Crippen LogP contribution in [0.4, 0.5) is 0 Å². The molecule has 2 aliphatic rings. The predicted molar refractivity (Wildman–Crippen MR) is 101 cm³/mol. The normalized spacial score (nSPS) is 27.2. The number of amides is 2. The summed E-state index contributed by atoms with van der Waals surface area (Å²) in [5, 5.41) is 3.07. The topological polar surface area (TPSA) is 75.0 Å². The number of nitrogens with one attached hydrogen (secondary N) is 1. The van der Waals surface area contributed by atoms with Gasteiger partial charge in [0, 0.05) is 38.1 Å². The third kappa shape index (κ3) is 4.90. The Morgan fingerprint density at radius 2 is 1.96 bits per heavy atom. The van der Waals surface area contributed by atoms with Gasteiger partial charge in [0.1, 0.15) is 5.76 Å². The summed E-state index contributed by atoms with van der Waals surface area (Å²) in [4.78, 5) is 28.9. The Kier molecular flexibility index (Phi) is 5.91. The van der Waals surface area contributed by atoms with Crippen LogP contribution in [0, 0.1) is 5.92 Å². The van der Waals surface area contributed by atoms with Crippen LogP contribution in [0.15, 0.2) is 22.8 Å². The van der Waals surface area contributed by atoms with Crippen molar-refractivity contribution in [3.63, 3.8) is 0 Å². The van der Waals surface area contributed by atoms with Gasteiger partial charge in [-0.1, -0.05) is 0 Å². The third-order valence-electron chi connectivity index (χ3n) is 5.48. The van der Waals surface area contributed by atoms with Crippen LogP contribution >= 0.6 is 0 Å². The highest BCUT2D eigenvalue weighted by Gasteiger charge is 2.37. The van der Waals surface area contributed by atoms with Crippen molar-refractivity contribution in [3.8, 4) is 0 Å². The zero-order chi connectivity index (χ0) is 19.6. The van der Waals surface area contributed by atoms with Crippen LogP contribution in [0.2, 0.25) is 0 Å². The highest BCUT2D eigenvalue weighted by molar-refractivity contribution is 5.89. The maximum Gasteiger partial charge on any atom is 0.225 e. The summed E-state index contributed by atoms with van der Waals surface area (Å²) in [5.74, 6) is 0.390. The van der Waals surface area contributed by atoms with E-state index in [1.54, 1.807) is 17.2 Å². The highest BCUT2D eigenvalue weighted by Crippen LogP contribution is 2.23. The summed E-state index contributed by atoms with van der Waals surface area (Å²) in [6.07, 6.45) is 2.23. The van der Waals surface area contributed by atoms with Crippen LogP contribution in [0.5, 0.6) is 0 Å². The van der Waals surface area contributed by atoms with Crippen LogP contribution in [0.1, 0.15) is 39.9 Å². The van der Waals surface area contributed by atoms with E-state index in [1.807, 2.05) is 6.07 Å². The number of rotatable bonds is 6. The van der Waals surface area contributed by atoms with Crippen molar-refractivity contribution < 1.29 is 18.7 Å². The molecule has 0 radical (unpaired) electrons. The molecule has 7 nitrogen and oxygen atoms in total. The van der Waals surface area contributed by atoms with E-state index >= 15 is 0 Å². The van der Waals surface area contributed by atoms with Crippen molar-refractivity contribution in [2.45, 2.75) is 58.4 Å². The molecule has 3 atom stereocenters. The Balaban J connectivity index is 1.50. The minimum atomic E-state index is -0.300. The van der Waals surface area contributed by atoms with Gasteiger partial charge in [-0.05, 0) is 39.8 Å². The Hall–Kier alpha value is -1.86. The largest absolute Gasteiger partial charge is 0.467 e. The van der Waals surface area contributed by atoms with Gasteiger partial charge in [0.25, 0.3) is 0 Å². The lowest BCUT2D eigenvalue weighted by atomic mass is 9.99. The van der Waals surface area contributed by atoms with E-state index in [-0.39, 0.29) is 41.9 Å². The van der Waals surface area contributed by atoms with Gasteiger partial charge in [-0.25, -0.2) is 0 Å². The molecule has 1 aromatic rings. The van der Waals surface area contributed by atoms with E-state index < -0.39 is 0 Å². The first-order valence-corrected chi connectivity index (χ1v) is 9.73. The summed E-state index contributed by atoms with van der Waals surface area (Å²) >= 11 is 0. The second-order valence-corrected chi connectivity index (χ2v) is 8.45. The number of carbonyl (C=O) groups excluding carboxylic acids is 2. The molecule has 2 fully saturated rings. The van der Waals surface area contributed by atoms with Gasteiger partial charge in [-0.3, -0.25) is 14.5 Å². The Bertz CT molecular complexity index is 648. The average Bonchev–Trinajstić information content (AvgIpc) is 3.23. The molecule has 0 spiro atoms. The van der Waals surface area contributed by atoms with Crippen LogP contribution in [0.25, 0.3) is 0 Å². The molecule has 2 saturated heterocycles. The van der Waals surface area contributed by atoms with Gasteiger partial charge >= 0.3 is 0 Å². The van der Waals surface area contributed by atoms with Crippen molar-refractivity contribution in [2.75, 3.05) is 26.2 Å². The molecule has 0 aliphatic carbocycles. The molecule has 27 heavy (non-hydrogen) atoms. The van der Waals surface area contributed by atoms with E-state index in [0.717, 1.165) is 18.8 Å². The van der Waals surface area contributed by atoms with Gasteiger partial charge in [0.05, 0.1) is 30.9 Å². The molecule has 3 heterocycles. The second-order valence-electron chi connectivity index (χ2n) is 8.45. The van der Waals surface area contributed by atoms with Crippen LogP contribution in [-0.4, -0.2) is 65.5 Å². The van der Waals surface area contributed by atoms with Gasteiger partial charge < -0.3 is 19.4 Å². The van der Waals surface area contributed by atoms with Crippen LogP contribution < -0.4 is 5.32 Å². The molecular weight excluding hydrogens is 346 g/mol. The van der Waals surface area contributed by atoms with E-state index in [2.05, 4.69) is 37.9 Å². The summed E-state index contributed by atoms with van der Waals surface area (Å²) in [6.45, 7) is 11.6. The SMILES string of the molecule is CC1CN(C(C)(C)CNC(=O)C2CC(=O)N(Cc3ccco3)C2)CC(C)O1. The fraction of sp³-hybridized carbons (Fsp3) is 0.700. The standard InChI is InChI=1S/C20H31N3O4/c1-14-9-23(10-15(2)27-14)20(3,4)13-21-19(25)16-8-18(24)22(11-16)12-17-6-5-7-26-17/h5-7,14-16H,8-13H2,1-4H3,(H,21,25). The van der Waals surface area contributed by atoms with E-state index in [4.69, 9.17) is 9.15 Å². The molecule has 2 aliphatic heterocycles. The molecule has 0 bridgehead atoms. The van der Waals surface area contributed by atoms with E-state index in [0.29, 0.717) is 19.6 Å². The molecule has 2 amide bonds. The fourth-order valence-electron chi connectivity index (χ4n) is 3.92. The van der Waals surface area contributed by atoms with Crippen LogP contribution in [0.3, 0.4) is 0 Å². The van der Waals surface area contributed by atoms with Gasteiger partial charge in [0.15, 0.2) is 0 Å². The number of hydrogen-bond acceptors (Lipinski definition) is 5. The van der Waals surface area contributed by atoms with Crippen molar-refractivity contribution in [1.82, 2.24) is 15.1 Å². The van der Waals surface area contributed by atoms with E-state index in [1.165, 1.54) is 0 Å². The number of furan rings is 1. The zero-order valence-electron chi connectivity index (χ0n) is 16.7. The van der Waals surface area contributed by atoms with Crippen LogP contribution in [-0.2, 0) is 20.9 Å². The number of ether oxygens (including phenoxy) is 1. The van der Waals surface area contributed by atoms with Gasteiger partial charge in [0.2, 0.25) is 11.8 Å². The first-order valence-electron chi connectivity index (χ1n) is 9.73. The quantitative estimate of drug-likeness (QED) is 0.816. The maximum absolute atomic E-state index is 12.6. The van der Waals surface area contributed by atoms with Crippen molar-refractivity contribution >= 4 is 11.8 Å². The first kappa shape index (κ1) is 19.9. The fourth-order valence-corrected chi connectivity index (χ4v) is 3.92. The molecule has 0 aromatic carbocycles. The Morgan fingerprint density at radius 1 is 1.26 bits per heavy atom. The summed E-state index contributed by atoms with van der Waals surface area (Å²) in [6, 6.07) is 3.64. The molecule has 150 valence electrons. The predicted octanol–water partition coefficient (Wildman–Crippen LogP) is 1.63. The third-order valence-corrected chi connectivity index (χ3v) is 5.48. The Labute approximate surface area is 161 Å².